The summed E-state index contributed by atoms with van der Waals surface area (Å²) in [6, 6.07) is 3.80. The summed E-state index contributed by atoms with van der Waals surface area (Å²) < 4.78 is 27.8. The minimum Gasteiger partial charge on any atom is -0.323 e. The van der Waals surface area contributed by atoms with Crippen molar-refractivity contribution in [3.05, 3.63) is 47.3 Å². The van der Waals surface area contributed by atoms with Crippen LogP contribution in [0.2, 0.25) is 0 Å². The molecule has 0 saturated carbocycles. The van der Waals surface area contributed by atoms with Gasteiger partial charge in [-0.05, 0) is 13.0 Å². The first-order chi connectivity index (χ1) is 8.08. The van der Waals surface area contributed by atoms with Gasteiger partial charge in [-0.3, -0.25) is 0 Å². The van der Waals surface area contributed by atoms with Crippen molar-refractivity contribution in [3.8, 4) is 0 Å². The second kappa shape index (κ2) is 4.58. The molecule has 17 heavy (non-hydrogen) atoms. The fourth-order valence-electron chi connectivity index (χ4n) is 1.44. The topological polar surface area (TPSA) is 56.7 Å². The second-order valence-electron chi connectivity index (χ2n) is 3.84. The molecule has 0 aliphatic carbocycles. The minimum atomic E-state index is -0.866. The van der Waals surface area contributed by atoms with Gasteiger partial charge in [0.1, 0.15) is 0 Å². The van der Waals surface area contributed by atoms with E-state index in [4.69, 9.17) is 5.73 Å². The predicted molar refractivity (Wildman–Crippen MR) is 58.1 cm³/mol. The number of aromatic nitrogens is 3. The van der Waals surface area contributed by atoms with Crippen LogP contribution in [0.15, 0.2) is 24.4 Å². The summed E-state index contributed by atoms with van der Waals surface area (Å²) in [4.78, 5) is 0. The highest BCUT2D eigenvalue weighted by atomic mass is 19.2. The quantitative estimate of drug-likeness (QED) is 0.884. The van der Waals surface area contributed by atoms with Crippen molar-refractivity contribution >= 4 is 0 Å². The highest BCUT2D eigenvalue weighted by molar-refractivity contribution is 5.19. The molecule has 0 radical (unpaired) electrons. The molecule has 0 spiro atoms. The summed E-state index contributed by atoms with van der Waals surface area (Å²) >= 11 is 0. The molecule has 2 aromatic rings. The molecule has 1 unspecified atom stereocenters. The number of halogens is 2. The van der Waals surface area contributed by atoms with Crippen LogP contribution in [0.5, 0.6) is 0 Å². The second-order valence-corrected chi connectivity index (χ2v) is 3.84. The van der Waals surface area contributed by atoms with Crippen LogP contribution in [0.25, 0.3) is 0 Å². The van der Waals surface area contributed by atoms with Gasteiger partial charge in [0.15, 0.2) is 11.6 Å². The molecule has 2 rings (SSSR count). The summed E-state index contributed by atoms with van der Waals surface area (Å²) in [7, 11) is 0. The van der Waals surface area contributed by atoms with Gasteiger partial charge in [0.05, 0.1) is 18.4 Å². The first kappa shape index (κ1) is 11.7. The summed E-state index contributed by atoms with van der Waals surface area (Å²) in [6.45, 7) is 1.90. The van der Waals surface area contributed by atoms with E-state index in [0.29, 0.717) is 5.69 Å². The molecular weight excluding hydrogens is 226 g/mol. The highest BCUT2D eigenvalue weighted by Gasteiger charge is 2.10. The van der Waals surface area contributed by atoms with Gasteiger partial charge in [0.2, 0.25) is 0 Å². The van der Waals surface area contributed by atoms with Gasteiger partial charge in [-0.15, -0.1) is 5.10 Å². The maximum atomic E-state index is 13.4. The molecule has 0 aliphatic rings. The fraction of sp³-hybridized carbons (Fsp3) is 0.273. The van der Waals surface area contributed by atoms with E-state index >= 15 is 0 Å². The van der Waals surface area contributed by atoms with Crippen LogP contribution in [0.4, 0.5) is 8.78 Å². The molecule has 90 valence electrons. The number of hydrogen-bond donors (Lipinski definition) is 1. The molecule has 1 atom stereocenters. The van der Waals surface area contributed by atoms with Gasteiger partial charge < -0.3 is 5.73 Å². The number of rotatable bonds is 3. The Labute approximate surface area is 97.0 Å². The third-order valence-electron chi connectivity index (χ3n) is 2.39. The lowest BCUT2D eigenvalue weighted by Crippen LogP contribution is -2.05. The van der Waals surface area contributed by atoms with Crippen molar-refractivity contribution < 1.29 is 8.78 Å². The molecule has 1 aromatic carbocycles. The molecule has 4 nitrogen and oxygen atoms in total. The lowest BCUT2D eigenvalue weighted by Gasteiger charge is -2.03. The van der Waals surface area contributed by atoms with Crippen molar-refractivity contribution in [2.45, 2.75) is 19.5 Å². The van der Waals surface area contributed by atoms with Gasteiger partial charge >= 0.3 is 0 Å². The number of nitrogens with zero attached hydrogens (tertiary/aromatic N) is 3. The third kappa shape index (κ3) is 2.47. The molecule has 2 N–H and O–H groups in total. The Morgan fingerprint density at radius 3 is 2.82 bits per heavy atom. The van der Waals surface area contributed by atoms with Crippen LogP contribution >= 0.6 is 0 Å². The fourth-order valence-corrected chi connectivity index (χ4v) is 1.44. The standard InChI is InChI=1S/C11H12F2N4/c1-7(14)10-6-17(16-15-10)5-8-3-2-4-9(12)11(8)13/h2-4,6-7H,5,14H2,1H3. The lowest BCUT2D eigenvalue weighted by molar-refractivity contribution is 0.490. The van der Waals surface area contributed by atoms with Gasteiger partial charge in [-0.1, -0.05) is 17.3 Å². The maximum Gasteiger partial charge on any atom is 0.163 e. The molecule has 0 amide bonds. The molecular formula is C11H12F2N4. The Morgan fingerprint density at radius 2 is 2.18 bits per heavy atom. The number of hydrogen-bond acceptors (Lipinski definition) is 3. The van der Waals surface area contributed by atoms with Crippen molar-refractivity contribution in [1.29, 1.82) is 0 Å². The van der Waals surface area contributed by atoms with E-state index in [9.17, 15) is 8.78 Å². The van der Waals surface area contributed by atoms with E-state index in [1.165, 1.54) is 16.8 Å². The monoisotopic (exact) mass is 238 g/mol. The molecule has 0 bridgehead atoms. The highest BCUT2D eigenvalue weighted by Crippen LogP contribution is 2.13. The lowest BCUT2D eigenvalue weighted by atomic mass is 10.2. The van der Waals surface area contributed by atoms with Gasteiger partial charge in [0, 0.05) is 11.6 Å². The Bertz CT molecular complexity index is 522. The van der Waals surface area contributed by atoms with E-state index in [1.54, 1.807) is 13.1 Å². The molecule has 0 saturated heterocycles. The van der Waals surface area contributed by atoms with Gasteiger partial charge in [-0.25, -0.2) is 13.5 Å². The molecule has 1 heterocycles. The Morgan fingerprint density at radius 1 is 1.41 bits per heavy atom. The van der Waals surface area contributed by atoms with E-state index in [1.807, 2.05) is 0 Å². The zero-order chi connectivity index (χ0) is 12.4. The first-order valence-corrected chi connectivity index (χ1v) is 5.16. The largest absolute Gasteiger partial charge is 0.323 e. The normalized spacial score (nSPS) is 12.7. The van der Waals surface area contributed by atoms with Crippen LogP contribution in [0.1, 0.15) is 24.2 Å². The van der Waals surface area contributed by atoms with Crippen LogP contribution in [-0.2, 0) is 6.54 Å². The average molecular weight is 238 g/mol. The summed E-state index contributed by atoms with van der Waals surface area (Å²) in [5, 5.41) is 7.64. The molecule has 0 fully saturated rings. The zero-order valence-corrected chi connectivity index (χ0v) is 9.27. The van der Waals surface area contributed by atoms with Crippen molar-refractivity contribution in [3.63, 3.8) is 0 Å². The van der Waals surface area contributed by atoms with Crippen LogP contribution in [0, 0.1) is 11.6 Å². The van der Waals surface area contributed by atoms with Crippen molar-refractivity contribution in [2.24, 2.45) is 5.73 Å². The van der Waals surface area contributed by atoms with Gasteiger partial charge in [-0.2, -0.15) is 0 Å². The predicted octanol–water partition coefficient (Wildman–Crippen LogP) is 1.62. The van der Waals surface area contributed by atoms with Crippen molar-refractivity contribution in [1.82, 2.24) is 15.0 Å². The number of benzene rings is 1. The van der Waals surface area contributed by atoms with E-state index in [0.717, 1.165) is 6.07 Å². The van der Waals surface area contributed by atoms with E-state index < -0.39 is 11.6 Å². The first-order valence-electron chi connectivity index (χ1n) is 5.16. The van der Waals surface area contributed by atoms with E-state index in [2.05, 4.69) is 10.3 Å². The number of nitrogens with two attached hydrogens (primary N) is 1. The average Bonchev–Trinajstić information content (AvgIpc) is 2.73. The third-order valence-corrected chi connectivity index (χ3v) is 2.39. The maximum absolute atomic E-state index is 13.4. The van der Waals surface area contributed by atoms with Crippen LogP contribution in [-0.4, -0.2) is 15.0 Å². The summed E-state index contributed by atoms with van der Waals surface area (Å²) in [6.07, 6.45) is 1.62. The van der Waals surface area contributed by atoms with Crippen LogP contribution in [0.3, 0.4) is 0 Å². The molecule has 1 aromatic heterocycles. The zero-order valence-electron chi connectivity index (χ0n) is 9.27. The van der Waals surface area contributed by atoms with Crippen molar-refractivity contribution in [2.75, 3.05) is 0 Å². The smallest absolute Gasteiger partial charge is 0.163 e. The van der Waals surface area contributed by atoms with E-state index in [-0.39, 0.29) is 18.2 Å². The summed E-state index contributed by atoms with van der Waals surface area (Å²) in [5.41, 5.74) is 6.47. The minimum absolute atomic E-state index is 0.128. The van der Waals surface area contributed by atoms with Gasteiger partial charge in [0.25, 0.3) is 0 Å². The molecule has 6 heteroatoms. The SMILES string of the molecule is CC(N)c1cn(Cc2cccc(F)c2F)nn1. The molecule has 0 aliphatic heterocycles. The summed E-state index contributed by atoms with van der Waals surface area (Å²) in [5.74, 6) is -1.72. The van der Waals surface area contributed by atoms with Crippen LogP contribution < -0.4 is 5.73 Å². The Hall–Kier alpha value is -1.82. The Kier molecular flexibility index (Phi) is 3.14. The Balaban J connectivity index is 2.22.